The minimum atomic E-state index is 0.605. The maximum atomic E-state index is 8.65. The van der Waals surface area contributed by atoms with Crippen LogP contribution >= 0.6 is 11.8 Å². The molecule has 0 saturated heterocycles. The average Bonchev–Trinajstić information content (AvgIpc) is 2.58. The smallest absolute Gasteiger partial charge is 0.256 e. The van der Waals surface area contributed by atoms with E-state index in [1.165, 1.54) is 11.8 Å². The molecule has 0 aliphatic carbocycles. The van der Waals surface area contributed by atoms with E-state index >= 15 is 0 Å². The first-order valence-corrected chi connectivity index (χ1v) is 4.90. The molecule has 1 aromatic carbocycles. The first-order valence-electron chi connectivity index (χ1n) is 3.68. The number of hydrogen-bond donors (Lipinski definition) is 0. The zero-order valence-electron chi connectivity index (χ0n) is 6.94. The molecule has 0 fully saturated rings. The quantitative estimate of drug-likeness (QED) is 0.648. The number of aromatic nitrogens is 1. The van der Waals surface area contributed by atoms with Crippen molar-refractivity contribution < 1.29 is 4.42 Å². The van der Waals surface area contributed by atoms with E-state index in [1.54, 1.807) is 18.2 Å². The zero-order valence-corrected chi connectivity index (χ0v) is 7.76. The molecule has 0 aliphatic rings. The normalized spacial score (nSPS) is 10.2. The van der Waals surface area contributed by atoms with Gasteiger partial charge in [0.1, 0.15) is 5.52 Å². The van der Waals surface area contributed by atoms with Crippen LogP contribution in [0.25, 0.3) is 11.1 Å². The molecular formula is C9H6N2OS. The Kier molecular flexibility index (Phi) is 1.95. The third kappa shape index (κ3) is 1.38. The molecule has 0 radical (unpaired) electrons. The van der Waals surface area contributed by atoms with Crippen molar-refractivity contribution in [1.29, 1.82) is 5.26 Å². The van der Waals surface area contributed by atoms with E-state index in [0.717, 1.165) is 11.1 Å². The summed E-state index contributed by atoms with van der Waals surface area (Å²) in [6.45, 7) is 0. The minimum Gasteiger partial charge on any atom is -0.431 e. The molecule has 3 nitrogen and oxygen atoms in total. The van der Waals surface area contributed by atoms with Gasteiger partial charge in [-0.3, -0.25) is 0 Å². The van der Waals surface area contributed by atoms with Crippen molar-refractivity contribution in [2.24, 2.45) is 0 Å². The van der Waals surface area contributed by atoms with Crippen molar-refractivity contribution in [2.75, 3.05) is 6.26 Å². The number of hydrogen-bond acceptors (Lipinski definition) is 4. The summed E-state index contributed by atoms with van der Waals surface area (Å²) in [5.74, 6) is 0. The Morgan fingerprint density at radius 1 is 1.54 bits per heavy atom. The van der Waals surface area contributed by atoms with E-state index in [0.29, 0.717) is 10.8 Å². The summed E-state index contributed by atoms with van der Waals surface area (Å²) in [7, 11) is 0. The van der Waals surface area contributed by atoms with Crippen molar-refractivity contribution in [2.45, 2.75) is 5.22 Å². The Labute approximate surface area is 79.4 Å². The third-order valence-electron chi connectivity index (χ3n) is 1.67. The fourth-order valence-corrected chi connectivity index (χ4v) is 1.43. The summed E-state index contributed by atoms with van der Waals surface area (Å²) < 4.78 is 5.36. The molecule has 2 rings (SSSR count). The van der Waals surface area contributed by atoms with Gasteiger partial charge in [0, 0.05) is 0 Å². The third-order valence-corrected chi connectivity index (χ3v) is 2.20. The van der Waals surface area contributed by atoms with Gasteiger partial charge in [0.25, 0.3) is 5.22 Å². The molecule has 64 valence electrons. The highest BCUT2D eigenvalue weighted by Gasteiger charge is 2.04. The zero-order chi connectivity index (χ0) is 9.26. The fourth-order valence-electron chi connectivity index (χ4n) is 1.06. The number of fused-ring (bicyclic) bond motifs is 1. The molecule has 1 heterocycles. The van der Waals surface area contributed by atoms with Crippen LogP contribution in [0.15, 0.2) is 27.8 Å². The lowest BCUT2D eigenvalue weighted by Crippen LogP contribution is -1.73. The Morgan fingerprint density at radius 3 is 3.08 bits per heavy atom. The van der Waals surface area contributed by atoms with Crippen molar-refractivity contribution in [1.82, 2.24) is 4.98 Å². The van der Waals surface area contributed by atoms with Gasteiger partial charge < -0.3 is 4.42 Å². The number of nitrogens with zero attached hydrogens (tertiary/aromatic N) is 2. The Bertz CT molecular complexity index is 484. The van der Waals surface area contributed by atoms with Crippen LogP contribution in [0.1, 0.15) is 5.56 Å². The van der Waals surface area contributed by atoms with Crippen molar-refractivity contribution in [3.05, 3.63) is 23.8 Å². The first-order chi connectivity index (χ1) is 6.33. The van der Waals surface area contributed by atoms with Crippen LogP contribution in [0.5, 0.6) is 0 Å². The summed E-state index contributed by atoms with van der Waals surface area (Å²) in [5.41, 5.74) is 2.07. The molecule has 0 saturated carbocycles. The van der Waals surface area contributed by atoms with Crippen LogP contribution in [0, 0.1) is 11.3 Å². The highest BCUT2D eigenvalue weighted by Crippen LogP contribution is 2.21. The van der Waals surface area contributed by atoms with Gasteiger partial charge in [0.05, 0.1) is 11.6 Å². The molecule has 0 N–H and O–H groups in total. The van der Waals surface area contributed by atoms with E-state index in [2.05, 4.69) is 11.1 Å². The van der Waals surface area contributed by atoms with Gasteiger partial charge >= 0.3 is 0 Å². The maximum Gasteiger partial charge on any atom is 0.256 e. The Hall–Kier alpha value is -1.47. The minimum absolute atomic E-state index is 0.605. The molecule has 0 aliphatic heterocycles. The second kappa shape index (κ2) is 3.11. The summed E-state index contributed by atoms with van der Waals surface area (Å²) in [6.07, 6.45) is 1.90. The van der Waals surface area contributed by atoms with Crippen LogP contribution < -0.4 is 0 Å². The lowest BCUT2D eigenvalue weighted by Gasteiger charge is -1.85. The lowest BCUT2D eigenvalue weighted by atomic mass is 10.2. The molecular weight excluding hydrogens is 184 g/mol. The number of benzene rings is 1. The second-order valence-electron chi connectivity index (χ2n) is 2.48. The molecule has 0 amide bonds. The largest absolute Gasteiger partial charge is 0.431 e. The SMILES string of the molecule is CSc1nc2cc(C#N)ccc2o1. The van der Waals surface area contributed by atoms with Crippen LogP contribution in [-0.4, -0.2) is 11.2 Å². The van der Waals surface area contributed by atoms with Gasteiger partial charge in [-0.2, -0.15) is 5.26 Å². The van der Waals surface area contributed by atoms with Crippen LogP contribution in [0.3, 0.4) is 0 Å². The standard InChI is InChI=1S/C9H6N2OS/c1-13-9-11-7-4-6(5-10)2-3-8(7)12-9/h2-4H,1H3. The molecule has 1 aromatic heterocycles. The first kappa shape index (κ1) is 8.14. The number of rotatable bonds is 1. The van der Waals surface area contributed by atoms with Gasteiger partial charge in [-0.05, 0) is 24.5 Å². The lowest BCUT2D eigenvalue weighted by molar-refractivity contribution is 0.490. The maximum absolute atomic E-state index is 8.65. The van der Waals surface area contributed by atoms with E-state index in [-0.39, 0.29) is 0 Å². The van der Waals surface area contributed by atoms with Crippen LogP contribution in [0.2, 0.25) is 0 Å². The average molecular weight is 190 g/mol. The number of oxazole rings is 1. The predicted octanol–water partition coefficient (Wildman–Crippen LogP) is 2.42. The van der Waals surface area contributed by atoms with E-state index < -0.39 is 0 Å². The second-order valence-corrected chi connectivity index (χ2v) is 3.24. The van der Waals surface area contributed by atoms with Gasteiger partial charge in [-0.1, -0.05) is 11.8 Å². The number of nitriles is 1. The monoisotopic (exact) mass is 190 g/mol. The summed E-state index contributed by atoms with van der Waals surface area (Å²) >= 11 is 1.45. The van der Waals surface area contributed by atoms with E-state index in [9.17, 15) is 0 Å². The molecule has 0 spiro atoms. The molecule has 2 aromatic rings. The summed E-state index contributed by atoms with van der Waals surface area (Å²) in [6, 6.07) is 7.26. The molecule has 4 heteroatoms. The van der Waals surface area contributed by atoms with Crippen molar-refractivity contribution in [3.63, 3.8) is 0 Å². The number of thioether (sulfide) groups is 1. The molecule has 0 bridgehead atoms. The van der Waals surface area contributed by atoms with Crippen LogP contribution in [-0.2, 0) is 0 Å². The Balaban J connectivity index is 2.65. The van der Waals surface area contributed by atoms with Crippen LogP contribution in [0.4, 0.5) is 0 Å². The van der Waals surface area contributed by atoms with Gasteiger partial charge in [-0.25, -0.2) is 4.98 Å². The van der Waals surface area contributed by atoms with Crippen molar-refractivity contribution >= 4 is 22.9 Å². The Morgan fingerprint density at radius 2 is 2.38 bits per heavy atom. The highest BCUT2D eigenvalue weighted by atomic mass is 32.2. The van der Waals surface area contributed by atoms with E-state index in [1.807, 2.05) is 6.26 Å². The molecule has 0 atom stereocenters. The van der Waals surface area contributed by atoms with Gasteiger partial charge in [0.2, 0.25) is 0 Å². The fraction of sp³-hybridized carbons (Fsp3) is 0.111. The van der Waals surface area contributed by atoms with Gasteiger partial charge in [0.15, 0.2) is 5.58 Å². The summed E-state index contributed by atoms with van der Waals surface area (Å²) in [5, 5.41) is 9.28. The topological polar surface area (TPSA) is 49.8 Å². The van der Waals surface area contributed by atoms with Crippen molar-refractivity contribution in [3.8, 4) is 6.07 Å². The molecule has 0 unspecified atom stereocenters. The van der Waals surface area contributed by atoms with Gasteiger partial charge in [-0.15, -0.1) is 0 Å². The predicted molar refractivity (Wildman–Crippen MR) is 50.5 cm³/mol. The molecule has 13 heavy (non-hydrogen) atoms. The van der Waals surface area contributed by atoms with E-state index in [4.69, 9.17) is 9.68 Å². The summed E-state index contributed by atoms with van der Waals surface area (Å²) in [4.78, 5) is 4.18. The highest BCUT2D eigenvalue weighted by molar-refractivity contribution is 7.98.